The number of carboxylic acids is 1. The Morgan fingerprint density at radius 3 is 2.94 bits per heavy atom. The first kappa shape index (κ1) is 12.2. The molecule has 0 spiro atoms. The normalized spacial score (nSPS) is 11.2. The summed E-state index contributed by atoms with van der Waals surface area (Å²) >= 11 is 0. The van der Waals surface area contributed by atoms with E-state index in [1.54, 1.807) is 6.08 Å². The van der Waals surface area contributed by atoms with Gasteiger partial charge in [-0.15, -0.1) is 0 Å². The highest BCUT2D eigenvalue weighted by Crippen LogP contribution is 2.27. The fourth-order valence-electron chi connectivity index (χ4n) is 1.95. The number of hydrogen-bond donors (Lipinski definition) is 2. The first-order valence-electron chi connectivity index (χ1n) is 5.78. The Balaban J connectivity index is 2.53. The number of aliphatic carboxylic acids is 1. The summed E-state index contributed by atoms with van der Waals surface area (Å²) in [4.78, 5) is 13.8. The average molecular weight is 245 g/mol. The second-order valence-corrected chi connectivity index (χ2v) is 3.98. The number of fused-ring (bicyclic) bond motifs is 1. The zero-order chi connectivity index (χ0) is 13.1. The summed E-state index contributed by atoms with van der Waals surface area (Å²) in [7, 11) is 0. The van der Waals surface area contributed by atoms with Gasteiger partial charge in [-0.1, -0.05) is 0 Å². The van der Waals surface area contributed by atoms with Crippen molar-refractivity contribution >= 4 is 22.9 Å². The minimum atomic E-state index is -0.954. The smallest absolute Gasteiger partial charge is 0.328 e. The Hall–Kier alpha value is -2.23. The standard InChI is InChI=1S/C14H15NO3/c1-3-18-10-4-6-13-12(8-10)11(9(2)15-13)5-7-14(16)17/h4-8,15H,3H2,1-2H3,(H,16,17)/b7-5+. The Kier molecular flexibility index (Phi) is 3.37. The van der Waals surface area contributed by atoms with Crippen molar-refractivity contribution in [2.24, 2.45) is 0 Å². The molecule has 0 aliphatic carbocycles. The van der Waals surface area contributed by atoms with E-state index in [1.165, 1.54) is 0 Å². The van der Waals surface area contributed by atoms with E-state index in [0.29, 0.717) is 6.61 Å². The molecule has 1 aromatic carbocycles. The van der Waals surface area contributed by atoms with Crippen LogP contribution in [0.3, 0.4) is 0 Å². The number of carboxylic acid groups (broad SMARTS) is 1. The molecule has 0 saturated carbocycles. The van der Waals surface area contributed by atoms with Crippen LogP contribution in [0.5, 0.6) is 5.75 Å². The van der Waals surface area contributed by atoms with E-state index in [1.807, 2.05) is 32.0 Å². The molecular formula is C14H15NO3. The fraction of sp³-hybridized carbons (Fsp3) is 0.214. The van der Waals surface area contributed by atoms with Crippen LogP contribution in [-0.2, 0) is 4.79 Å². The molecule has 1 aromatic heterocycles. The summed E-state index contributed by atoms with van der Waals surface area (Å²) in [6.45, 7) is 4.45. The maximum atomic E-state index is 10.6. The Morgan fingerprint density at radius 1 is 1.50 bits per heavy atom. The zero-order valence-electron chi connectivity index (χ0n) is 10.4. The van der Waals surface area contributed by atoms with Crippen molar-refractivity contribution in [3.63, 3.8) is 0 Å². The van der Waals surface area contributed by atoms with Crippen LogP contribution < -0.4 is 4.74 Å². The summed E-state index contributed by atoms with van der Waals surface area (Å²) < 4.78 is 5.45. The van der Waals surface area contributed by atoms with Crippen molar-refractivity contribution in [1.29, 1.82) is 0 Å². The van der Waals surface area contributed by atoms with Gasteiger partial charge in [0.25, 0.3) is 0 Å². The fourth-order valence-corrected chi connectivity index (χ4v) is 1.95. The maximum absolute atomic E-state index is 10.6. The first-order chi connectivity index (χ1) is 8.61. The minimum absolute atomic E-state index is 0.606. The van der Waals surface area contributed by atoms with Gasteiger partial charge in [0.1, 0.15) is 5.75 Å². The molecule has 0 bridgehead atoms. The predicted molar refractivity (Wildman–Crippen MR) is 70.9 cm³/mol. The summed E-state index contributed by atoms with van der Waals surface area (Å²) in [5, 5.41) is 9.66. The molecule has 0 atom stereocenters. The highest BCUT2D eigenvalue weighted by molar-refractivity contribution is 5.95. The quantitative estimate of drug-likeness (QED) is 0.814. The molecule has 18 heavy (non-hydrogen) atoms. The molecule has 0 aliphatic rings. The molecule has 0 aliphatic heterocycles. The van der Waals surface area contributed by atoms with Gasteiger partial charge in [-0.05, 0) is 38.1 Å². The summed E-state index contributed by atoms with van der Waals surface area (Å²) in [5.74, 6) is -0.168. The lowest BCUT2D eigenvalue weighted by molar-refractivity contribution is -0.131. The van der Waals surface area contributed by atoms with Crippen molar-refractivity contribution < 1.29 is 14.6 Å². The number of carbonyl (C=O) groups is 1. The largest absolute Gasteiger partial charge is 0.494 e. The third kappa shape index (κ3) is 2.37. The van der Waals surface area contributed by atoms with E-state index in [4.69, 9.17) is 9.84 Å². The van der Waals surface area contributed by atoms with Gasteiger partial charge in [-0.2, -0.15) is 0 Å². The summed E-state index contributed by atoms with van der Waals surface area (Å²) in [6.07, 6.45) is 2.75. The SMILES string of the molecule is CCOc1ccc2[nH]c(C)c(/C=C/C(=O)O)c2c1. The summed E-state index contributed by atoms with van der Waals surface area (Å²) in [6, 6.07) is 5.75. The van der Waals surface area contributed by atoms with E-state index < -0.39 is 5.97 Å². The van der Waals surface area contributed by atoms with E-state index in [2.05, 4.69) is 4.98 Å². The molecular weight excluding hydrogens is 230 g/mol. The van der Waals surface area contributed by atoms with Gasteiger partial charge in [-0.25, -0.2) is 4.79 Å². The molecule has 2 N–H and O–H groups in total. The maximum Gasteiger partial charge on any atom is 0.328 e. The number of nitrogens with one attached hydrogen (secondary N) is 1. The van der Waals surface area contributed by atoms with Crippen LogP contribution in [0.2, 0.25) is 0 Å². The van der Waals surface area contributed by atoms with E-state index >= 15 is 0 Å². The van der Waals surface area contributed by atoms with Gasteiger partial charge >= 0.3 is 5.97 Å². The Morgan fingerprint density at radius 2 is 2.28 bits per heavy atom. The zero-order valence-corrected chi connectivity index (χ0v) is 10.4. The van der Waals surface area contributed by atoms with E-state index in [0.717, 1.165) is 34.0 Å². The Bertz CT molecular complexity index is 611. The van der Waals surface area contributed by atoms with Gasteiger partial charge in [0.05, 0.1) is 6.61 Å². The van der Waals surface area contributed by atoms with Gasteiger partial charge in [0, 0.05) is 28.2 Å². The lowest BCUT2D eigenvalue weighted by Crippen LogP contribution is -1.90. The molecule has 0 amide bonds. The van der Waals surface area contributed by atoms with Gasteiger partial charge in [0.15, 0.2) is 0 Å². The number of hydrogen-bond acceptors (Lipinski definition) is 2. The highest BCUT2D eigenvalue weighted by atomic mass is 16.5. The number of ether oxygens (including phenoxy) is 1. The Labute approximate surface area is 105 Å². The summed E-state index contributed by atoms with van der Waals surface area (Å²) in [5.41, 5.74) is 2.80. The van der Waals surface area contributed by atoms with Crippen LogP contribution in [0.4, 0.5) is 0 Å². The number of H-pyrrole nitrogens is 1. The molecule has 0 fully saturated rings. The third-order valence-electron chi connectivity index (χ3n) is 2.71. The second kappa shape index (κ2) is 4.96. The van der Waals surface area contributed by atoms with Crippen molar-refractivity contribution in [1.82, 2.24) is 4.98 Å². The highest BCUT2D eigenvalue weighted by Gasteiger charge is 2.07. The second-order valence-electron chi connectivity index (χ2n) is 3.98. The van der Waals surface area contributed by atoms with Crippen LogP contribution in [0, 0.1) is 6.92 Å². The van der Waals surface area contributed by atoms with Gasteiger partial charge < -0.3 is 14.8 Å². The molecule has 4 nitrogen and oxygen atoms in total. The third-order valence-corrected chi connectivity index (χ3v) is 2.71. The van der Waals surface area contributed by atoms with Gasteiger partial charge in [0.2, 0.25) is 0 Å². The lowest BCUT2D eigenvalue weighted by atomic mass is 10.1. The van der Waals surface area contributed by atoms with Crippen molar-refractivity contribution in [3.8, 4) is 5.75 Å². The number of aromatic amines is 1. The molecule has 4 heteroatoms. The topological polar surface area (TPSA) is 62.3 Å². The van der Waals surface area contributed by atoms with Gasteiger partial charge in [-0.3, -0.25) is 0 Å². The average Bonchev–Trinajstić information content (AvgIpc) is 2.62. The van der Waals surface area contributed by atoms with Crippen LogP contribution in [0.25, 0.3) is 17.0 Å². The monoisotopic (exact) mass is 245 g/mol. The number of benzene rings is 1. The number of aryl methyl sites for hydroxylation is 1. The molecule has 2 rings (SSSR count). The predicted octanol–water partition coefficient (Wildman–Crippen LogP) is 2.97. The number of aromatic nitrogens is 1. The molecule has 0 saturated heterocycles. The molecule has 2 aromatic rings. The number of rotatable bonds is 4. The van der Waals surface area contributed by atoms with Crippen LogP contribution >= 0.6 is 0 Å². The molecule has 0 unspecified atom stereocenters. The van der Waals surface area contributed by atoms with E-state index in [-0.39, 0.29) is 0 Å². The molecule has 0 radical (unpaired) electrons. The molecule has 94 valence electrons. The van der Waals surface area contributed by atoms with Crippen molar-refractivity contribution in [3.05, 3.63) is 35.5 Å². The van der Waals surface area contributed by atoms with Crippen molar-refractivity contribution in [2.75, 3.05) is 6.61 Å². The van der Waals surface area contributed by atoms with Crippen LogP contribution in [0.1, 0.15) is 18.2 Å². The molecule has 1 heterocycles. The van der Waals surface area contributed by atoms with Crippen LogP contribution in [0.15, 0.2) is 24.3 Å². The lowest BCUT2D eigenvalue weighted by Gasteiger charge is -2.02. The van der Waals surface area contributed by atoms with E-state index in [9.17, 15) is 4.79 Å². The van der Waals surface area contributed by atoms with Crippen molar-refractivity contribution in [2.45, 2.75) is 13.8 Å². The first-order valence-corrected chi connectivity index (χ1v) is 5.78. The minimum Gasteiger partial charge on any atom is -0.494 e. The van der Waals surface area contributed by atoms with Crippen LogP contribution in [-0.4, -0.2) is 22.7 Å².